The number of fused-ring (bicyclic) bond motifs is 1. The maximum absolute atomic E-state index is 14.5. The molecule has 2 aromatic carbocycles. The van der Waals surface area contributed by atoms with Gasteiger partial charge in [0.25, 0.3) is 0 Å². The molecule has 1 atom stereocenters. The number of benzene rings is 2. The highest BCUT2D eigenvalue weighted by Crippen LogP contribution is 2.30. The van der Waals surface area contributed by atoms with Crippen LogP contribution in [0.25, 0.3) is 0 Å². The number of hydrogen-bond acceptors (Lipinski definition) is 5. The molecule has 29 heavy (non-hydrogen) atoms. The fourth-order valence-electron chi connectivity index (χ4n) is 3.44. The van der Waals surface area contributed by atoms with Crippen LogP contribution in [0.3, 0.4) is 0 Å². The minimum absolute atomic E-state index is 0.144. The summed E-state index contributed by atoms with van der Waals surface area (Å²) in [5.74, 6) is -0.338. The Hall–Kier alpha value is -2.77. The predicted molar refractivity (Wildman–Crippen MR) is 112 cm³/mol. The summed E-state index contributed by atoms with van der Waals surface area (Å²) in [6, 6.07) is 11.8. The molecule has 0 spiro atoms. The first kappa shape index (κ1) is 19.5. The second-order valence-corrected chi connectivity index (χ2v) is 7.08. The summed E-state index contributed by atoms with van der Waals surface area (Å²) in [7, 11) is 1.50. The average molecular weight is 415 g/mol. The van der Waals surface area contributed by atoms with E-state index in [-0.39, 0.29) is 11.9 Å². The van der Waals surface area contributed by atoms with Crippen LogP contribution in [0.4, 0.5) is 10.1 Å². The highest BCUT2D eigenvalue weighted by Gasteiger charge is 2.28. The Morgan fingerprint density at radius 2 is 2.14 bits per heavy atom. The van der Waals surface area contributed by atoms with Crippen LogP contribution in [0.2, 0.25) is 5.02 Å². The molecule has 0 N–H and O–H groups in total. The first-order valence-corrected chi connectivity index (χ1v) is 9.62. The van der Waals surface area contributed by atoms with Gasteiger partial charge in [-0.3, -0.25) is 9.98 Å². The fourth-order valence-corrected chi connectivity index (χ4v) is 3.62. The zero-order valence-corrected chi connectivity index (χ0v) is 16.6. The molecule has 1 saturated heterocycles. The Bertz CT molecular complexity index is 992. The van der Waals surface area contributed by atoms with Gasteiger partial charge in [0.1, 0.15) is 19.3 Å². The van der Waals surface area contributed by atoms with E-state index in [2.05, 4.69) is 5.16 Å². The van der Waals surface area contributed by atoms with Crippen molar-refractivity contribution in [3.8, 4) is 0 Å². The van der Waals surface area contributed by atoms with Crippen LogP contribution < -0.4 is 0 Å². The summed E-state index contributed by atoms with van der Waals surface area (Å²) in [4.78, 5) is 16.4. The van der Waals surface area contributed by atoms with Crippen molar-refractivity contribution in [1.29, 1.82) is 0 Å². The predicted octanol–water partition coefficient (Wildman–Crippen LogP) is 3.69. The zero-order valence-electron chi connectivity index (χ0n) is 15.9. The topological polar surface area (TPSA) is 58.8 Å². The molecule has 1 fully saturated rings. The summed E-state index contributed by atoms with van der Waals surface area (Å²) < 4.78 is 20.2. The van der Waals surface area contributed by atoms with E-state index < -0.39 is 0 Å². The molecular formula is C21H20ClFN4O2. The second kappa shape index (κ2) is 8.71. The van der Waals surface area contributed by atoms with E-state index in [0.717, 1.165) is 5.71 Å². The standard InChI is InChI=1S/C21H20ClFN4O2/c1-28-25-13-27-8-9-29-12-20(27)19-11-24-21(15-4-2-3-5-17(15)23)16-10-14(22)6-7-18(16)26-19/h2-7,10,13,20H,8-9,11-12H2,1H3. The Morgan fingerprint density at radius 1 is 1.28 bits per heavy atom. The van der Waals surface area contributed by atoms with Gasteiger partial charge >= 0.3 is 0 Å². The third-order valence-corrected chi connectivity index (χ3v) is 5.10. The van der Waals surface area contributed by atoms with Crippen LogP contribution >= 0.6 is 11.6 Å². The SMILES string of the molecule is CON=CN1CCOCC1C1=Nc2ccc(Cl)cc2C(c2ccccc2F)=NC1. The quantitative estimate of drug-likeness (QED) is 0.435. The smallest absolute Gasteiger partial charge is 0.132 e. The van der Waals surface area contributed by atoms with Gasteiger partial charge in [0.2, 0.25) is 0 Å². The largest absolute Gasteiger partial charge is 0.398 e. The minimum Gasteiger partial charge on any atom is -0.398 e. The molecule has 2 aliphatic heterocycles. The summed E-state index contributed by atoms with van der Waals surface area (Å²) in [6.07, 6.45) is 1.64. The first-order chi connectivity index (χ1) is 14.2. The minimum atomic E-state index is -0.338. The van der Waals surface area contributed by atoms with E-state index in [1.807, 2.05) is 11.0 Å². The van der Waals surface area contributed by atoms with Gasteiger partial charge in [0, 0.05) is 22.7 Å². The Kier molecular flexibility index (Phi) is 5.87. The number of halogens is 2. The molecule has 2 aliphatic rings. The number of oxime groups is 1. The van der Waals surface area contributed by atoms with E-state index in [4.69, 9.17) is 31.2 Å². The van der Waals surface area contributed by atoms with Gasteiger partial charge in [-0.1, -0.05) is 28.9 Å². The molecule has 6 nitrogen and oxygen atoms in total. The molecule has 4 rings (SSSR count). The van der Waals surface area contributed by atoms with Crippen LogP contribution in [0.1, 0.15) is 11.1 Å². The molecule has 0 amide bonds. The van der Waals surface area contributed by atoms with Crippen molar-refractivity contribution in [2.45, 2.75) is 6.04 Å². The van der Waals surface area contributed by atoms with Crippen molar-refractivity contribution in [3.05, 3.63) is 64.4 Å². The lowest BCUT2D eigenvalue weighted by atomic mass is 10.0. The number of morpholine rings is 1. The van der Waals surface area contributed by atoms with Crippen molar-refractivity contribution >= 4 is 35.1 Å². The molecule has 2 aromatic rings. The summed E-state index contributed by atoms with van der Waals surface area (Å²) >= 11 is 6.23. The van der Waals surface area contributed by atoms with Crippen LogP contribution in [0.15, 0.2) is 57.6 Å². The van der Waals surface area contributed by atoms with Gasteiger partial charge in [0.15, 0.2) is 0 Å². The monoisotopic (exact) mass is 414 g/mol. The fraction of sp³-hybridized carbons (Fsp3) is 0.286. The van der Waals surface area contributed by atoms with Crippen molar-refractivity contribution in [2.24, 2.45) is 15.1 Å². The lowest BCUT2D eigenvalue weighted by molar-refractivity contribution is 0.0492. The molecule has 1 unspecified atom stereocenters. The van der Waals surface area contributed by atoms with Gasteiger partial charge in [-0.15, -0.1) is 0 Å². The molecule has 150 valence electrons. The molecule has 0 aliphatic carbocycles. The van der Waals surface area contributed by atoms with E-state index in [1.54, 1.807) is 36.7 Å². The number of aliphatic imine (C=N–C) groups is 2. The van der Waals surface area contributed by atoms with Crippen LogP contribution in [-0.4, -0.2) is 62.1 Å². The number of nitrogens with zero attached hydrogens (tertiary/aromatic N) is 4. The summed E-state index contributed by atoms with van der Waals surface area (Å²) in [5, 5.41) is 4.42. The first-order valence-electron chi connectivity index (χ1n) is 9.24. The summed E-state index contributed by atoms with van der Waals surface area (Å²) in [6.45, 7) is 2.02. The van der Waals surface area contributed by atoms with Crippen LogP contribution in [0, 0.1) is 5.82 Å². The van der Waals surface area contributed by atoms with Gasteiger partial charge in [-0.25, -0.2) is 4.39 Å². The average Bonchev–Trinajstić information content (AvgIpc) is 2.92. The van der Waals surface area contributed by atoms with Crippen LogP contribution in [-0.2, 0) is 9.57 Å². The van der Waals surface area contributed by atoms with E-state index in [0.29, 0.717) is 53.9 Å². The maximum atomic E-state index is 14.5. The van der Waals surface area contributed by atoms with E-state index >= 15 is 0 Å². The lowest BCUT2D eigenvalue weighted by Crippen LogP contribution is -2.50. The van der Waals surface area contributed by atoms with Crippen molar-refractivity contribution in [3.63, 3.8) is 0 Å². The Labute approximate surface area is 173 Å². The highest BCUT2D eigenvalue weighted by atomic mass is 35.5. The second-order valence-electron chi connectivity index (χ2n) is 6.64. The molecule has 8 heteroatoms. The van der Waals surface area contributed by atoms with Gasteiger partial charge in [0.05, 0.1) is 42.9 Å². The molecule has 0 aromatic heterocycles. The van der Waals surface area contributed by atoms with Crippen molar-refractivity contribution in [1.82, 2.24) is 4.90 Å². The lowest BCUT2D eigenvalue weighted by Gasteiger charge is -2.34. The van der Waals surface area contributed by atoms with Gasteiger partial charge in [-0.2, -0.15) is 0 Å². The Morgan fingerprint density at radius 3 is 2.97 bits per heavy atom. The molecule has 2 heterocycles. The molecule has 0 radical (unpaired) electrons. The maximum Gasteiger partial charge on any atom is 0.132 e. The number of ether oxygens (including phenoxy) is 1. The molecule has 0 saturated carbocycles. The van der Waals surface area contributed by atoms with Gasteiger partial charge in [-0.05, 0) is 30.3 Å². The molecular weight excluding hydrogens is 395 g/mol. The Balaban J connectivity index is 1.78. The third-order valence-electron chi connectivity index (χ3n) is 4.86. The number of rotatable bonds is 4. The normalized spacial score (nSPS) is 19.4. The molecule has 0 bridgehead atoms. The van der Waals surface area contributed by atoms with Crippen molar-refractivity contribution in [2.75, 3.05) is 33.4 Å². The highest BCUT2D eigenvalue weighted by molar-refractivity contribution is 6.31. The van der Waals surface area contributed by atoms with Crippen LogP contribution in [0.5, 0.6) is 0 Å². The number of hydrogen-bond donors (Lipinski definition) is 0. The van der Waals surface area contributed by atoms with Crippen molar-refractivity contribution < 1.29 is 14.0 Å². The summed E-state index contributed by atoms with van der Waals surface area (Å²) in [5.41, 5.74) is 3.16. The van der Waals surface area contributed by atoms with E-state index in [9.17, 15) is 4.39 Å². The van der Waals surface area contributed by atoms with Gasteiger partial charge < -0.3 is 14.5 Å². The third kappa shape index (κ3) is 4.16. The zero-order chi connectivity index (χ0) is 20.2. The van der Waals surface area contributed by atoms with E-state index in [1.165, 1.54) is 13.2 Å².